The number of para-hydroxylation sites is 3. The van der Waals surface area contributed by atoms with Crippen molar-refractivity contribution >= 4 is 34.3 Å². The summed E-state index contributed by atoms with van der Waals surface area (Å²) < 4.78 is 5.32. The van der Waals surface area contributed by atoms with Crippen molar-refractivity contribution in [2.24, 2.45) is 0 Å². The summed E-state index contributed by atoms with van der Waals surface area (Å²) in [6.45, 7) is 6.16. The average molecular weight is 381 g/mol. The third-order valence-corrected chi connectivity index (χ3v) is 5.80. The minimum absolute atomic E-state index is 0.0451. The second kappa shape index (κ2) is 8.44. The maximum Gasteiger partial charge on any atom is 0.238 e. The number of anilines is 1. The largest absolute Gasteiger partial charge is 0.495 e. The minimum atomic E-state index is -0.233. The lowest BCUT2D eigenvalue weighted by Crippen LogP contribution is -2.25. The zero-order chi connectivity index (χ0) is 19.4. The van der Waals surface area contributed by atoms with E-state index in [1.165, 1.54) is 17.3 Å². The molecule has 27 heavy (non-hydrogen) atoms. The zero-order valence-corrected chi connectivity index (χ0v) is 16.9. The number of aromatic nitrogens is 1. The normalized spacial score (nSPS) is 12.0. The first-order valence-corrected chi connectivity index (χ1v) is 9.89. The Hall–Kier alpha value is -2.53. The summed E-state index contributed by atoms with van der Waals surface area (Å²) in [5, 5.41) is 4.78. The van der Waals surface area contributed by atoms with Crippen molar-refractivity contribution in [1.82, 2.24) is 4.98 Å². The molecule has 3 rings (SSSR count). The van der Waals surface area contributed by atoms with Crippen molar-refractivity contribution < 1.29 is 9.53 Å². The monoisotopic (exact) mass is 380 g/mol. The van der Waals surface area contributed by atoms with Crippen molar-refractivity contribution in [1.29, 1.82) is 0 Å². The van der Waals surface area contributed by atoms with Gasteiger partial charge in [-0.2, -0.15) is 0 Å². The Balaban J connectivity index is 1.83. The van der Waals surface area contributed by atoms with Crippen LogP contribution in [0.5, 0.6) is 5.75 Å². The number of nitrogens with one attached hydrogen (secondary N) is 1. The number of rotatable bonds is 6. The van der Waals surface area contributed by atoms with Gasteiger partial charge in [0.05, 0.1) is 28.6 Å². The van der Waals surface area contributed by atoms with E-state index >= 15 is 0 Å². The number of amides is 1. The molecule has 0 spiro atoms. The number of carbonyl (C=O) groups excluding carboxylic acids is 1. The van der Waals surface area contributed by atoms with Crippen LogP contribution in [0.2, 0.25) is 0 Å². The fourth-order valence-electron chi connectivity index (χ4n) is 3.02. The lowest BCUT2D eigenvalue weighted by molar-refractivity contribution is -0.115. The number of aryl methyl sites for hydroxylation is 2. The van der Waals surface area contributed by atoms with Gasteiger partial charge in [-0.15, -0.1) is 0 Å². The summed E-state index contributed by atoms with van der Waals surface area (Å²) in [5.41, 5.74) is 4.00. The van der Waals surface area contributed by atoms with Gasteiger partial charge in [0.2, 0.25) is 5.91 Å². The van der Waals surface area contributed by atoms with Crippen LogP contribution < -0.4 is 10.1 Å². The Kier molecular flexibility index (Phi) is 6.01. The van der Waals surface area contributed by atoms with Crippen LogP contribution in [0.15, 0.2) is 53.6 Å². The Bertz CT molecular complexity index is 972. The number of benzene rings is 2. The van der Waals surface area contributed by atoms with E-state index in [0.717, 1.165) is 21.5 Å². The highest BCUT2D eigenvalue weighted by molar-refractivity contribution is 8.00. The number of hydrogen-bond acceptors (Lipinski definition) is 4. The van der Waals surface area contributed by atoms with Crippen molar-refractivity contribution in [3.8, 4) is 5.75 Å². The molecule has 5 heteroatoms. The van der Waals surface area contributed by atoms with E-state index in [9.17, 15) is 4.79 Å². The molecule has 0 bridgehead atoms. The Morgan fingerprint density at radius 3 is 2.67 bits per heavy atom. The standard InChI is InChI=1S/C22H24N2O2S/c1-5-19(22(25)23-17-11-6-7-12-18(17)26-4)27-20-13-15(3)16-10-8-9-14(2)21(16)24-20/h6-13,19H,5H2,1-4H3,(H,23,25). The van der Waals surface area contributed by atoms with Crippen molar-refractivity contribution in [3.05, 3.63) is 59.7 Å². The molecule has 4 nitrogen and oxygen atoms in total. The number of ether oxygens (including phenoxy) is 1. The number of carbonyl (C=O) groups is 1. The lowest BCUT2D eigenvalue weighted by atomic mass is 10.1. The minimum Gasteiger partial charge on any atom is -0.495 e. The molecule has 0 radical (unpaired) electrons. The number of pyridine rings is 1. The fraction of sp³-hybridized carbons (Fsp3) is 0.273. The quantitative estimate of drug-likeness (QED) is 0.584. The van der Waals surface area contributed by atoms with E-state index in [-0.39, 0.29) is 11.2 Å². The number of nitrogens with zero attached hydrogens (tertiary/aromatic N) is 1. The molecule has 0 aliphatic rings. The van der Waals surface area contributed by atoms with Crippen LogP contribution >= 0.6 is 11.8 Å². The highest BCUT2D eigenvalue weighted by Gasteiger charge is 2.20. The molecule has 2 aromatic carbocycles. The van der Waals surface area contributed by atoms with Gasteiger partial charge < -0.3 is 10.1 Å². The number of hydrogen-bond donors (Lipinski definition) is 1. The van der Waals surface area contributed by atoms with E-state index in [1.807, 2.05) is 31.2 Å². The van der Waals surface area contributed by atoms with Crippen LogP contribution in [-0.4, -0.2) is 23.3 Å². The lowest BCUT2D eigenvalue weighted by Gasteiger charge is -2.16. The molecule has 140 valence electrons. The molecule has 1 N–H and O–H groups in total. The second-order valence-electron chi connectivity index (χ2n) is 6.45. The van der Waals surface area contributed by atoms with Crippen LogP contribution in [0.25, 0.3) is 10.9 Å². The smallest absolute Gasteiger partial charge is 0.238 e. The predicted molar refractivity (Wildman–Crippen MR) is 113 cm³/mol. The van der Waals surface area contributed by atoms with Gasteiger partial charge in [0, 0.05) is 5.39 Å². The molecule has 1 heterocycles. The highest BCUT2D eigenvalue weighted by Crippen LogP contribution is 2.31. The molecule has 0 aliphatic carbocycles. The first-order valence-electron chi connectivity index (χ1n) is 9.01. The summed E-state index contributed by atoms with van der Waals surface area (Å²) >= 11 is 1.50. The van der Waals surface area contributed by atoms with Gasteiger partial charge in [0.15, 0.2) is 0 Å². The van der Waals surface area contributed by atoms with Crippen LogP contribution in [-0.2, 0) is 4.79 Å². The maximum absolute atomic E-state index is 12.8. The Morgan fingerprint density at radius 2 is 1.93 bits per heavy atom. The molecule has 3 aromatic rings. The van der Waals surface area contributed by atoms with Gasteiger partial charge in [-0.25, -0.2) is 4.98 Å². The zero-order valence-electron chi connectivity index (χ0n) is 16.1. The van der Waals surface area contributed by atoms with E-state index in [4.69, 9.17) is 9.72 Å². The predicted octanol–water partition coefficient (Wildman–Crippen LogP) is 5.37. The molecule has 1 amide bonds. The molecular weight excluding hydrogens is 356 g/mol. The van der Waals surface area contributed by atoms with E-state index in [2.05, 4.69) is 43.4 Å². The fourth-order valence-corrected chi connectivity index (χ4v) is 4.03. The van der Waals surface area contributed by atoms with E-state index < -0.39 is 0 Å². The molecule has 0 saturated heterocycles. The maximum atomic E-state index is 12.8. The molecular formula is C22H24N2O2S. The molecule has 1 atom stereocenters. The number of methoxy groups -OCH3 is 1. The average Bonchev–Trinajstić information content (AvgIpc) is 2.67. The van der Waals surface area contributed by atoms with Crippen LogP contribution in [0.1, 0.15) is 24.5 Å². The first kappa shape index (κ1) is 19.2. The summed E-state index contributed by atoms with van der Waals surface area (Å²) in [7, 11) is 1.60. The molecule has 1 aromatic heterocycles. The van der Waals surface area contributed by atoms with Gasteiger partial charge >= 0.3 is 0 Å². The van der Waals surface area contributed by atoms with Crippen molar-refractivity contribution in [2.75, 3.05) is 12.4 Å². The topological polar surface area (TPSA) is 51.2 Å². The van der Waals surface area contributed by atoms with E-state index in [1.54, 1.807) is 7.11 Å². The van der Waals surface area contributed by atoms with Crippen LogP contribution in [0.3, 0.4) is 0 Å². The van der Waals surface area contributed by atoms with Crippen molar-refractivity contribution in [2.45, 2.75) is 37.5 Å². The third-order valence-electron chi connectivity index (χ3n) is 4.52. The highest BCUT2D eigenvalue weighted by atomic mass is 32.2. The molecule has 0 aliphatic heterocycles. The van der Waals surface area contributed by atoms with Crippen LogP contribution in [0, 0.1) is 13.8 Å². The van der Waals surface area contributed by atoms with Crippen molar-refractivity contribution in [3.63, 3.8) is 0 Å². The Morgan fingerprint density at radius 1 is 1.15 bits per heavy atom. The molecule has 0 fully saturated rings. The van der Waals surface area contributed by atoms with Gasteiger partial charge in [-0.1, -0.05) is 49.0 Å². The Labute approximate surface area is 164 Å². The summed E-state index contributed by atoms with van der Waals surface area (Å²) in [6.07, 6.45) is 0.707. The van der Waals surface area contributed by atoms with Gasteiger partial charge in [-0.05, 0) is 49.6 Å². The van der Waals surface area contributed by atoms with Crippen LogP contribution in [0.4, 0.5) is 5.69 Å². The van der Waals surface area contributed by atoms with Gasteiger partial charge in [0.25, 0.3) is 0 Å². The number of fused-ring (bicyclic) bond motifs is 1. The third kappa shape index (κ3) is 4.25. The summed E-state index contributed by atoms with van der Waals surface area (Å²) in [5.74, 6) is 0.609. The summed E-state index contributed by atoms with van der Waals surface area (Å²) in [6, 6.07) is 15.7. The molecule has 1 unspecified atom stereocenters. The molecule has 0 saturated carbocycles. The second-order valence-corrected chi connectivity index (χ2v) is 7.68. The first-order chi connectivity index (χ1) is 13.0. The van der Waals surface area contributed by atoms with E-state index in [0.29, 0.717) is 17.9 Å². The number of thioether (sulfide) groups is 1. The van der Waals surface area contributed by atoms with Gasteiger partial charge in [-0.3, -0.25) is 4.79 Å². The van der Waals surface area contributed by atoms with Gasteiger partial charge in [0.1, 0.15) is 5.75 Å². The summed E-state index contributed by atoms with van der Waals surface area (Å²) in [4.78, 5) is 17.6. The SMILES string of the molecule is CCC(Sc1cc(C)c2cccc(C)c2n1)C(=O)Nc1ccccc1OC.